The van der Waals surface area contributed by atoms with Gasteiger partial charge in [0.15, 0.2) is 0 Å². The molecule has 0 aromatic heterocycles. The zero-order valence-corrected chi connectivity index (χ0v) is 13.6. The number of piperidine rings is 2. The minimum Gasteiger partial charge on any atom is -0.490 e. The van der Waals surface area contributed by atoms with E-state index in [2.05, 4.69) is 12.2 Å². The number of halogens is 1. The van der Waals surface area contributed by atoms with Gasteiger partial charge in [0.2, 0.25) is 5.91 Å². The maximum absolute atomic E-state index is 12.9. The topological polar surface area (TPSA) is 41.6 Å². The first-order valence-corrected chi connectivity index (χ1v) is 8.56. The van der Waals surface area contributed by atoms with E-state index in [0.29, 0.717) is 17.7 Å². The molecule has 2 fully saturated rings. The number of carbonyl (C=O) groups excluding carboxylic acids is 1. The molecule has 2 atom stereocenters. The second-order valence-electron chi connectivity index (χ2n) is 6.67. The predicted octanol–water partition coefficient (Wildman–Crippen LogP) is 2.58. The first-order valence-electron chi connectivity index (χ1n) is 8.56. The third-order valence-electron chi connectivity index (χ3n) is 4.84. The van der Waals surface area contributed by atoms with Gasteiger partial charge >= 0.3 is 0 Å². The van der Waals surface area contributed by atoms with Gasteiger partial charge in [-0.25, -0.2) is 4.39 Å². The van der Waals surface area contributed by atoms with E-state index in [-0.39, 0.29) is 17.8 Å². The first kappa shape index (κ1) is 16.2. The van der Waals surface area contributed by atoms with Crippen LogP contribution < -0.4 is 10.1 Å². The zero-order chi connectivity index (χ0) is 16.2. The van der Waals surface area contributed by atoms with Crippen molar-refractivity contribution in [2.45, 2.75) is 44.8 Å². The van der Waals surface area contributed by atoms with Gasteiger partial charge in [0.1, 0.15) is 17.7 Å². The van der Waals surface area contributed by atoms with E-state index < -0.39 is 0 Å². The number of rotatable bonds is 3. The summed E-state index contributed by atoms with van der Waals surface area (Å²) in [4.78, 5) is 14.6. The Morgan fingerprint density at radius 2 is 1.91 bits per heavy atom. The average molecular weight is 320 g/mol. The van der Waals surface area contributed by atoms with Crippen molar-refractivity contribution in [3.63, 3.8) is 0 Å². The van der Waals surface area contributed by atoms with Crippen molar-refractivity contribution in [3.05, 3.63) is 30.1 Å². The summed E-state index contributed by atoms with van der Waals surface area (Å²) in [5.74, 6) is 0.914. The molecule has 2 aliphatic rings. The van der Waals surface area contributed by atoms with Gasteiger partial charge in [0.05, 0.1) is 0 Å². The molecule has 0 bridgehead atoms. The van der Waals surface area contributed by atoms with Crippen molar-refractivity contribution in [1.82, 2.24) is 10.2 Å². The van der Waals surface area contributed by atoms with E-state index in [1.807, 2.05) is 4.90 Å². The molecule has 0 unspecified atom stereocenters. The number of amides is 1. The first-order chi connectivity index (χ1) is 11.1. The van der Waals surface area contributed by atoms with Crippen LogP contribution in [0, 0.1) is 11.7 Å². The molecule has 1 aromatic rings. The van der Waals surface area contributed by atoms with Gasteiger partial charge in [-0.3, -0.25) is 4.79 Å². The standard InChI is InChI=1S/C18H25FN2O2/c1-13-12-14(6-9-20-13)18(22)21-10-7-17(8-11-21)23-16-4-2-15(19)3-5-16/h2-5,13-14,17,20H,6-12H2,1H3/t13-,14-/m0/s1. The van der Waals surface area contributed by atoms with Crippen LogP contribution in [0.25, 0.3) is 0 Å². The normalized spacial score (nSPS) is 26.1. The molecular formula is C18H25FN2O2. The third-order valence-corrected chi connectivity index (χ3v) is 4.84. The summed E-state index contributed by atoms with van der Waals surface area (Å²) in [6, 6.07) is 6.56. The Kier molecular flexibility index (Phi) is 5.16. The average Bonchev–Trinajstić information content (AvgIpc) is 2.57. The monoisotopic (exact) mass is 320 g/mol. The lowest BCUT2D eigenvalue weighted by Gasteiger charge is -2.36. The molecule has 0 saturated carbocycles. The van der Waals surface area contributed by atoms with E-state index in [4.69, 9.17) is 4.74 Å². The molecule has 2 saturated heterocycles. The summed E-state index contributed by atoms with van der Waals surface area (Å²) in [5.41, 5.74) is 0. The van der Waals surface area contributed by atoms with Crippen LogP contribution in [0.4, 0.5) is 4.39 Å². The molecule has 3 rings (SSSR count). The molecule has 5 heteroatoms. The summed E-state index contributed by atoms with van der Waals surface area (Å²) in [7, 11) is 0. The van der Waals surface area contributed by atoms with E-state index in [0.717, 1.165) is 45.3 Å². The lowest BCUT2D eigenvalue weighted by molar-refractivity contribution is -0.138. The Bertz CT molecular complexity index is 526. The highest BCUT2D eigenvalue weighted by atomic mass is 19.1. The highest BCUT2D eigenvalue weighted by Gasteiger charge is 2.31. The van der Waals surface area contributed by atoms with Crippen LogP contribution in [0.3, 0.4) is 0 Å². The van der Waals surface area contributed by atoms with Gasteiger partial charge in [-0.2, -0.15) is 0 Å². The molecule has 1 aromatic carbocycles. The van der Waals surface area contributed by atoms with Crippen LogP contribution in [0.1, 0.15) is 32.6 Å². The molecule has 0 spiro atoms. The van der Waals surface area contributed by atoms with Crippen LogP contribution in [0.5, 0.6) is 5.75 Å². The van der Waals surface area contributed by atoms with Crippen molar-refractivity contribution < 1.29 is 13.9 Å². The largest absolute Gasteiger partial charge is 0.490 e. The Hall–Kier alpha value is -1.62. The van der Waals surface area contributed by atoms with Gasteiger partial charge < -0.3 is 15.0 Å². The lowest BCUT2D eigenvalue weighted by Crippen LogP contribution is -2.47. The van der Waals surface area contributed by atoms with Gasteiger partial charge in [0.25, 0.3) is 0 Å². The Morgan fingerprint density at radius 3 is 2.57 bits per heavy atom. The summed E-state index contributed by atoms with van der Waals surface area (Å²) in [6.07, 6.45) is 3.66. The molecule has 0 radical (unpaired) electrons. The van der Waals surface area contributed by atoms with Crippen molar-refractivity contribution in [2.75, 3.05) is 19.6 Å². The number of ether oxygens (including phenoxy) is 1. The summed E-state index contributed by atoms with van der Waals surface area (Å²) in [6.45, 7) is 4.58. The Morgan fingerprint density at radius 1 is 1.22 bits per heavy atom. The zero-order valence-electron chi connectivity index (χ0n) is 13.6. The number of carbonyl (C=O) groups is 1. The number of nitrogens with one attached hydrogen (secondary N) is 1. The fraction of sp³-hybridized carbons (Fsp3) is 0.611. The van der Waals surface area contributed by atoms with Crippen LogP contribution in [-0.2, 0) is 4.79 Å². The number of nitrogens with zero attached hydrogens (tertiary/aromatic N) is 1. The van der Waals surface area contributed by atoms with E-state index in [1.165, 1.54) is 12.1 Å². The van der Waals surface area contributed by atoms with E-state index >= 15 is 0 Å². The molecule has 4 nitrogen and oxygen atoms in total. The molecule has 23 heavy (non-hydrogen) atoms. The van der Waals surface area contributed by atoms with Crippen molar-refractivity contribution >= 4 is 5.91 Å². The van der Waals surface area contributed by atoms with Gasteiger partial charge in [0, 0.05) is 37.9 Å². The summed E-state index contributed by atoms with van der Waals surface area (Å²) >= 11 is 0. The number of benzene rings is 1. The van der Waals surface area contributed by atoms with Crippen LogP contribution in [0.2, 0.25) is 0 Å². The molecule has 2 heterocycles. The molecular weight excluding hydrogens is 295 g/mol. The number of hydrogen-bond donors (Lipinski definition) is 1. The highest BCUT2D eigenvalue weighted by Crippen LogP contribution is 2.23. The molecule has 126 valence electrons. The maximum Gasteiger partial charge on any atom is 0.225 e. The second-order valence-corrected chi connectivity index (χ2v) is 6.67. The van der Waals surface area contributed by atoms with Gasteiger partial charge in [-0.05, 0) is 50.6 Å². The van der Waals surface area contributed by atoms with Gasteiger partial charge in [-0.15, -0.1) is 0 Å². The Balaban J connectivity index is 1.48. The highest BCUT2D eigenvalue weighted by molar-refractivity contribution is 5.79. The molecule has 1 N–H and O–H groups in total. The smallest absolute Gasteiger partial charge is 0.225 e. The van der Waals surface area contributed by atoms with Crippen molar-refractivity contribution in [1.29, 1.82) is 0 Å². The third kappa shape index (κ3) is 4.22. The Labute approximate surface area is 137 Å². The summed E-state index contributed by atoms with van der Waals surface area (Å²) < 4.78 is 18.8. The van der Waals surface area contributed by atoms with E-state index in [1.54, 1.807) is 12.1 Å². The lowest BCUT2D eigenvalue weighted by atomic mass is 9.91. The van der Waals surface area contributed by atoms with Crippen molar-refractivity contribution in [3.8, 4) is 5.75 Å². The van der Waals surface area contributed by atoms with Crippen molar-refractivity contribution in [2.24, 2.45) is 5.92 Å². The van der Waals surface area contributed by atoms with Crippen LogP contribution in [-0.4, -0.2) is 42.6 Å². The molecule has 1 amide bonds. The molecule has 2 aliphatic heterocycles. The summed E-state index contributed by atoms with van der Waals surface area (Å²) in [5, 5.41) is 3.39. The molecule has 0 aliphatic carbocycles. The SMILES string of the molecule is C[C@H]1C[C@@H](C(=O)N2CCC(Oc3ccc(F)cc3)CC2)CCN1. The minimum absolute atomic E-state index is 0.108. The number of hydrogen-bond acceptors (Lipinski definition) is 3. The van der Waals surface area contributed by atoms with Crippen LogP contribution >= 0.6 is 0 Å². The quantitative estimate of drug-likeness (QED) is 0.931. The second kappa shape index (κ2) is 7.30. The maximum atomic E-state index is 12.9. The van der Waals surface area contributed by atoms with Crippen LogP contribution in [0.15, 0.2) is 24.3 Å². The fourth-order valence-corrected chi connectivity index (χ4v) is 3.51. The van der Waals surface area contributed by atoms with E-state index in [9.17, 15) is 9.18 Å². The number of likely N-dealkylation sites (tertiary alicyclic amines) is 1. The fourth-order valence-electron chi connectivity index (χ4n) is 3.51. The predicted molar refractivity (Wildman–Crippen MR) is 86.8 cm³/mol. The minimum atomic E-state index is -0.256. The van der Waals surface area contributed by atoms with Gasteiger partial charge in [-0.1, -0.05) is 0 Å².